The van der Waals surface area contributed by atoms with E-state index in [1.807, 2.05) is 0 Å². The Hall–Kier alpha value is -0.340. The van der Waals surface area contributed by atoms with Crippen LogP contribution in [-0.4, -0.2) is 18.5 Å². The van der Waals surface area contributed by atoms with Crippen LogP contribution < -0.4 is 0 Å². The monoisotopic (exact) mass is 156 g/mol. The van der Waals surface area contributed by atoms with Crippen molar-refractivity contribution in [2.45, 2.75) is 38.6 Å². The number of rotatable bonds is 3. The molecule has 2 nitrogen and oxygen atoms in total. The molecule has 1 aliphatic rings. The van der Waals surface area contributed by atoms with Gasteiger partial charge in [0, 0.05) is 0 Å². The Bertz CT molecular complexity index is 138. The predicted molar refractivity (Wildman–Crippen MR) is 44.3 cm³/mol. The van der Waals surface area contributed by atoms with Gasteiger partial charge in [-0.2, -0.15) is 0 Å². The summed E-state index contributed by atoms with van der Waals surface area (Å²) < 4.78 is 11.2. The van der Waals surface area contributed by atoms with Gasteiger partial charge in [-0.1, -0.05) is 19.9 Å². The maximum atomic E-state index is 5.66. The molecule has 0 bridgehead atoms. The highest BCUT2D eigenvalue weighted by Crippen LogP contribution is 2.30. The van der Waals surface area contributed by atoms with E-state index in [-0.39, 0.29) is 11.9 Å². The molecular formula is C9H16O2. The highest BCUT2D eigenvalue weighted by atomic mass is 16.7. The number of hydrogen-bond acceptors (Lipinski definition) is 2. The van der Waals surface area contributed by atoms with E-state index >= 15 is 0 Å². The Kier molecular flexibility index (Phi) is 2.68. The zero-order chi connectivity index (χ0) is 8.32. The topological polar surface area (TPSA) is 18.5 Å². The van der Waals surface area contributed by atoms with Crippen LogP contribution in [0.3, 0.4) is 0 Å². The van der Waals surface area contributed by atoms with Crippen molar-refractivity contribution < 1.29 is 9.47 Å². The molecule has 11 heavy (non-hydrogen) atoms. The van der Waals surface area contributed by atoms with Crippen LogP contribution in [0.4, 0.5) is 0 Å². The first-order valence-electron chi connectivity index (χ1n) is 4.20. The molecule has 1 atom stereocenters. The molecule has 0 N–H and O–H groups in total. The summed E-state index contributed by atoms with van der Waals surface area (Å²) in [6.07, 6.45) is 3.71. The number of hydrogen-bond donors (Lipinski definition) is 0. The van der Waals surface area contributed by atoms with Crippen LogP contribution in [0.1, 0.15) is 26.7 Å². The fourth-order valence-electron chi connectivity index (χ4n) is 1.31. The van der Waals surface area contributed by atoms with Crippen molar-refractivity contribution in [2.24, 2.45) is 0 Å². The SMILES string of the molecule is C=CC1COC(CC)(CC)O1. The normalized spacial score (nSPS) is 28.7. The van der Waals surface area contributed by atoms with Crippen molar-refractivity contribution in [2.75, 3.05) is 6.61 Å². The fraction of sp³-hybridized carbons (Fsp3) is 0.778. The molecule has 0 spiro atoms. The van der Waals surface area contributed by atoms with Gasteiger partial charge in [-0.15, -0.1) is 6.58 Å². The number of ether oxygens (including phenoxy) is 2. The van der Waals surface area contributed by atoms with Crippen molar-refractivity contribution in [3.05, 3.63) is 12.7 Å². The van der Waals surface area contributed by atoms with Gasteiger partial charge in [-0.25, -0.2) is 0 Å². The summed E-state index contributed by atoms with van der Waals surface area (Å²) in [4.78, 5) is 0. The van der Waals surface area contributed by atoms with Gasteiger partial charge >= 0.3 is 0 Å². The molecule has 2 heteroatoms. The van der Waals surface area contributed by atoms with Gasteiger partial charge in [-0.3, -0.25) is 0 Å². The third-order valence-corrected chi connectivity index (χ3v) is 2.22. The largest absolute Gasteiger partial charge is 0.347 e. The first-order chi connectivity index (χ1) is 5.26. The summed E-state index contributed by atoms with van der Waals surface area (Å²) >= 11 is 0. The summed E-state index contributed by atoms with van der Waals surface area (Å²) in [6, 6.07) is 0. The van der Waals surface area contributed by atoms with Crippen molar-refractivity contribution >= 4 is 0 Å². The van der Waals surface area contributed by atoms with Crippen LogP contribution in [0.25, 0.3) is 0 Å². The molecular weight excluding hydrogens is 140 g/mol. The van der Waals surface area contributed by atoms with Crippen LogP contribution in [0.2, 0.25) is 0 Å². The lowest BCUT2D eigenvalue weighted by Crippen LogP contribution is -2.28. The van der Waals surface area contributed by atoms with Gasteiger partial charge in [0.05, 0.1) is 6.61 Å². The minimum Gasteiger partial charge on any atom is -0.347 e. The molecule has 1 rings (SSSR count). The Morgan fingerprint density at radius 1 is 1.55 bits per heavy atom. The van der Waals surface area contributed by atoms with Gasteiger partial charge in [0.1, 0.15) is 6.10 Å². The lowest BCUT2D eigenvalue weighted by Gasteiger charge is -2.24. The molecule has 1 saturated heterocycles. The maximum absolute atomic E-state index is 5.66. The Morgan fingerprint density at radius 3 is 2.45 bits per heavy atom. The molecule has 0 radical (unpaired) electrons. The molecule has 1 heterocycles. The zero-order valence-electron chi connectivity index (χ0n) is 7.30. The summed E-state index contributed by atoms with van der Waals surface area (Å²) in [7, 11) is 0. The summed E-state index contributed by atoms with van der Waals surface area (Å²) in [5.74, 6) is -0.321. The minimum atomic E-state index is -0.321. The smallest absolute Gasteiger partial charge is 0.168 e. The average molecular weight is 156 g/mol. The minimum absolute atomic E-state index is 0.0925. The van der Waals surface area contributed by atoms with Gasteiger partial charge in [-0.05, 0) is 12.8 Å². The summed E-state index contributed by atoms with van der Waals surface area (Å²) in [6.45, 7) is 8.49. The molecule has 0 aromatic carbocycles. The first-order valence-corrected chi connectivity index (χ1v) is 4.20. The highest BCUT2D eigenvalue weighted by Gasteiger charge is 2.36. The standard InChI is InChI=1S/C9H16O2/c1-4-8-7-10-9(5-2,6-3)11-8/h4,8H,1,5-7H2,2-3H3. The van der Waals surface area contributed by atoms with Crippen LogP contribution in [0, 0.1) is 0 Å². The van der Waals surface area contributed by atoms with Gasteiger partial charge in [0.15, 0.2) is 5.79 Å². The predicted octanol–water partition coefficient (Wildman–Crippen LogP) is 2.10. The van der Waals surface area contributed by atoms with Crippen LogP contribution in [0.15, 0.2) is 12.7 Å². The van der Waals surface area contributed by atoms with E-state index < -0.39 is 0 Å². The second-order valence-electron chi connectivity index (χ2n) is 2.82. The molecule has 1 fully saturated rings. The van der Waals surface area contributed by atoms with Crippen molar-refractivity contribution in [1.82, 2.24) is 0 Å². The van der Waals surface area contributed by atoms with E-state index in [4.69, 9.17) is 9.47 Å². The summed E-state index contributed by atoms with van der Waals surface area (Å²) in [5, 5.41) is 0. The van der Waals surface area contributed by atoms with Crippen molar-refractivity contribution in [1.29, 1.82) is 0 Å². The Balaban J connectivity index is 2.54. The van der Waals surface area contributed by atoms with Crippen LogP contribution >= 0.6 is 0 Å². The van der Waals surface area contributed by atoms with E-state index in [1.54, 1.807) is 6.08 Å². The quantitative estimate of drug-likeness (QED) is 0.582. The van der Waals surface area contributed by atoms with Crippen LogP contribution in [-0.2, 0) is 9.47 Å². The molecule has 1 aliphatic heterocycles. The molecule has 0 aromatic rings. The zero-order valence-corrected chi connectivity index (χ0v) is 7.30. The van der Waals surface area contributed by atoms with Crippen molar-refractivity contribution in [3.63, 3.8) is 0 Å². The highest BCUT2D eigenvalue weighted by molar-refractivity contribution is 4.87. The molecule has 0 aliphatic carbocycles. The fourth-order valence-corrected chi connectivity index (χ4v) is 1.31. The van der Waals surface area contributed by atoms with Crippen molar-refractivity contribution in [3.8, 4) is 0 Å². The summed E-state index contributed by atoms with van der Waals surface area (Å²) in [5.41, 5.74) is 0. The maximum Gasteiger partial charge on any atom is 0.168 e. The second kappa shape index (κ2) is 3.37. The lowest BCUT2D eigenvalue weighted by molar-refractivity contribution is -0.167. The Morgan fingerprint density at radius 2 is 2.18 bits per heavy atom. The third-order valence-electron chi connectivity index (χ3n) is 2.22. The Labute approximate surface area is 68.2 Å². The van der Waals surface area contributed by atoms with Gasteiger partial charge in [0.25, 0.3) is 0 Å². The lowest BCUT2D eigenvalue weighted by atomic mass is 10.1. The van der Waals surface area contributed by atoms with E-state index in [1.165, 1.54) is 0 Å². The molecule has 1 unspecified atom stereocenters. The molecule has 0 amide bonds. The molecule has 0 saturated carbocycles. The second-order valence-corrected chi connectivity index (χ2v) is 2.82. The van der Waals surface area contributed by atoms with Gasteiger partial charge in [0.2, 0.25) is 0 Å². The molecule has 64 valence electrons. The molecule has 0 aromatic heterocycles. The average Bonchev–Trinajstić information content (AvgIpc) is 2.49. The van der Waals surface area contributed by atoms with E-state index in [9.17, 15) is 0 Å². The third kappa shape index (κ3) is 1.63. The van der Waals surface area contributed by atoms with E-state index in [2.05, 4.69) is 20.4 Å². The van der Waals surface area contributed by atoms with Gasteiger partial charge < -0.3 is 9.47 Å². The van der Waals surface area contributed by atoms with E-state index in [0.717, 1.165) is 12.8 Å². The first kappa shape index (κ1) is 8.75. The van der Waals surface area contributed by atoms with Crippen LogP contribution in [0.5, 0.6) is 0 Å². The van der Waals surface area contributed by atoms with E-state index in [0.29, 0.717) is 6.61 Å².